The second-order valence-corrected chi connectivity index (χ2v) is 2.29. The fraction of sp³-hybridized carbons (Fsp3) is 0.857. The van der Waals surface area contributed by atoms with E-state index >= 15 is 0 Å². The molecule has 0 radical (unpaired) electrons. The monoisotopic (exact) mass is 161 g/mol. The highest BCUT2D eigenvalue weighted by atomic mass is 16.5. The van der Waals surface area contributed by atoms with E-state index in [4.69, 9.17) is 5.11 Å². The van der Waals surface area contributed by atoms with Crippen molar-refractivity contribution >= 4 is 5.97 Å². The number of hydrogen-bond acceptors (Lipinski definition) is 4. The van der Waals surface area contributed by atoms with Gasteiger partial charge in [-0.1, -0.05) is 0 Å². The highest BCUT2D eigenvalue weighted by Crippen LogP contribution is 2.02. The fourth-order valence-corrected chi connectivity index (χ4v) is 0.872. The van der Waals surface area contributed by atoms with Crippen LogP contribution in [0.2, 0.25) is 0 Å². The normalized spacial score (nSPS) is 12.6. The molecule has 0 fully saturated rings. The topological polar surface area (TPSA) is 58.6 Å². The number of ether oxygens (including phenoxy) is 1. The standard InChI is InChI=1S/C7H15NO3/c1-8-5-6(3-4-9)7(10)11-2/h6,8-9H,3-5H2,1-2H3. The quantitative estimate of drug-likeness (QED) is 0.527. The van der Waals surface area contributed by atoms with E-state index in [1.165, 1.54) is 7.11 Å². The second kappa shape index (κ2) is 6.12. The van der Waals surface area contributed by atoms with Crippen molar-refractivity contribution in [1.82, 2.24) is 5.32 Å². The third kappa shape index (κ3) is 3.95. The summed E-state index contributed by atoms with van der Waals surface area (Å²) in [6.45, 7) is 0.564. The molecule has 0 spiro atoms. The molecule has 2 N–H and O–H groups in total. The van der Waals surface area contributed by atoms with Crippen molar-refractivity contribution < 1.29 is 14.6 Å². The molecule has 0 bridgehead atoms. The maximum absolute atomic E-state index is 10.9. The Balaban J connectivity index is 3.76. The molecule has 0 aliphatic rings. The molecule has 0 aromatic heterocycles. The predicted molar refractivity (Wildman–Crippen MR) is 41.1 cm³/mol. The van der Waals surface area contributed by atoms with Crippen molar-refractivity contribution in [2.75, 3.05) is 27.3 Å². The van der Waals surface area contributed by atoms with Crippen LogP contribution in [0.4, 0.5) is 0 Å². The van der Waals surface area contributed by atoms with Crippen molar-refractivity contribution in [3.8, 4) is 0 Å². The number of aliphatic hydroxyl groups excluding tert-OH is 1. The molecule has 0 aliphatic heterocycles. The summed E-state index contributed by atoms with van der Waals surface area (Å²) in [5.74, 6) is -0.497. The Kier molecular flexibility index (Phi) is 5.78. The zero-order valence-corrected chi connectivity index (χ0v) is 6.96. The molecule has 0 saturated heterocycles. The van der Waals surface area contributed by atoms with Crippen molar-refractivity contribution in [2.24, 2.45) is 5.92 Å². The summed E-state index contributed by atoms with van der Waals surface area (Å²) in [5, 5.41) is 11.4. The van der Waals surface area contributed by atoms with E-state index in [9.17, 15) is 4.79 Å². The Morgan fingerprint density at radius 2 is 2.36 bits per heavy atom. The van der Waals surface area contributed by atoms with E-state index in [1.54, 1.807) is 7.05 Å². The summed E-state index contributed by atoms with van der Waals surface area (Å²) in [4.78, 5) is 10.9. The first kappa shape index (κ1) is 10.4. The lowest BCUT2D eigenvalue weighted by atomic mass is 10.1. The fourth-order valence-electron chi connectivity index (χ4n) is 0.872. The number of esters is 1. The van der Waals surface area contributed by atoms with E-state index < -0.39 is 0 Å². The molecule has 4 heteroatoms. The molecule has 0 aromatic carbocycles. The smallest absolute Gasteiger partial charge is 0.310 e. The molecule has 66 valence electrons. The van der Waals surface area contributed by atoms with Crippen molar-refractivity contribution in [3.63, 3.8) is 0 Å². The van der Waals surface area contributed by atoms with Gasteiger partial charge in [0.15, 0.2) is 0 Å². The number of hydrogen-bond donors (Lipinski definition) is 2. The Morgan fingerprint density at radius 3 is 2.73 bits per heavy atom. The van der Waals surface area contributed by atoms with Gasteiger partial charge in [0.1, 0.15) is 0 Å². The van der Waals surface area contributed by atoms with Gasteiger partial charge in [0.05, 0.1) is 13.0 Å². The van der Waals surface area contributed by atoms with Crippen LogP contribution in [-0.2, 0) is 9.53 Å². The highest BCUT2D eigenvalue weighted by molar-refractivity contribution is 5.72. The van der Waals surface area contributed by atoms with Gasteiger partial charge in [0.2, 0.25) is 0 Å². The van der Waals surface area contributed by atoms with Crippen LogP contribution in [0.25, 0.3) is 0 Å². The minimum absolute atomic E-state index is 0.0153. The molecular weight excluding hydrogens is 146 g/mol. The first-order chi connectivity index (χ1) is 5.26. The van der Waals surface area contributed by atoms with E-state index in [0.29, 0.717) is 13.0 Å². The lowest BCUT2D eigenvalue weighted by molar-refractivity contribution is -0.145. The third-order valence-corrected chi connectivity index (χ3v) is 1.46. The lowest BCUT2D eigenvalue weighted by Crippen LogP contribution is -2.27. The first-order valence-corrected chi connectivity index (χ1v) is 3.59. The van der Waals surface area contributed by atoms with Crippen LogP contribution in [-0.4, -0.2) is 38.4 Å². The number of methoxy groups -OCH3 is 1. The molecule has 4 nitrogen and oxygen atoms in total. The molecule has 1 atom stereocenters. The Morgan fingerprint density at radius 1 is 1.73 bits per heavy atom. The van der Waals surface area contributed by atoms with Gasteiger partial charge in [0, 0.05) is 13.2 Å². The summed E-state index contributed by atoms with van der Waals surface area (Å²) in [5.41, 5.74) is 0. The molecule has 0 aliphatic carbocycles. The van der Waals surface area contributed by atoms with Crippen molar-refractivity contribution in [3.05, 3.63) is 0 Å². The van der Waals surface area contributed by atoms with Crippen LogP contribution < -0.4 is 5.32 Å². The molecular formula is C7H15NO3. The van der Waals surface area contributed by atoms with Crippen LogP contribution in [0.3, 0.4) is 0 Å². The SMILES string of the molecule is CNCC(CCO)C(=O)OC. The zero-order valence-electron chi connectivity index (χ0n) is 6.96. The van der Waals surface area contributed by atoms with E-state index in [-0.39, 0.29) is 18.5 Å². The van der Waals surface area contributed by atoms with Gasteiger partial charge < -0.3 is 15.2 Å². The summed E-state index contributed by atoms with van der Waals surface area (Å²) in [7, 11) is 3.11. The van der Waals surface area contributed by atoms with Gasteiger partial charge >= 0.3 is 5.97 Å². The van der Waals surface area contributed by atoms with Crippen LogP contribution in [0.1, 0.15) is 6.42 Å². The molecule has 0 heterocycles. The minimum Gasteiger partial charge on any atom is -0.469 e. The molecule has 0 aromatic rings. The van der Waals surface area contributed by atoms with E-state index in [2.05, 4.69) is 10.1 Å². The molecule has 0 amide bonds. The molecule has 0 rings (SSSR count). The summed E-state index contributed by atoms with van der Waals surface area (Å²) in [6.07, 6.45) is 0.452. The maximum atomic E-state index is 10.9. The van der Waals surface area contributed by atoms with Gasteiger partial charge in [-0.2, -0.15) is 0 Å². The van der Waals surface area contributed by atoms with Crippen molar-refractivity contribution in [2.45, 2.75) is 6.42 Å². The van der Waals surface area contributed by atoms with Crippen LogP contribution in [0.5, 0.6) is 0 Å². The maximum Gasteiger partial charge on any atom is 0.310 e. The van der Waals surface area contributed by atoms with Gasteiger partial charge in [-0.25, -0.2) is 0 Å². The van der Waals surface area contributed by atoms with Gasteiger partial charge in [-0.05, 0) is 13.5 Å². The summed E-state index contributed by atoms with van der Waals surface area (Å²) in [6, 6.07) is 0. The molecule has 0 saturated carbocycles. The zero-order chi connectivity index (χ0) is 8.69. The molecule has 1 unspecified atom stereocenters. The van der Waals surface area contributed by atoms with Crippen molar-refractivity contribution in [1.29, 1.82) is 0 Å². The minimum atomic E-state index is -0.270. The Hall–Kier alpha value is -0.610. The number of rotatable bonds is 5. The average molecular weight is 161 g/mol. The highest BCUT2D eigenvalue weighted by Gasteiger charge is 2.16. The lowest BCUT2D eigenvalue weighted by Gasteiger charge is -2.11. The first-order valence-electron chi connectivity index (χ1n) is 3.59. The Labute approximate surface area is 66.5 Å². The van der Waals surface area contributed by atoms with E-state index in [0.717, 1.165) is 0 Å². The predicted octanol–water partition coefficient (Wildman–Crippen LogP) is -0.623. The van der Waals surface area contributed by atoms with Gasteiger partial charge in [0.25, 0.3) is 0 Å². The van der Waals surface area contributed by atoms with Gasteiger partial charge in [-0.15, -0.1) is 0 Å². The number of nitrogens with one attached hydrogen (secondary N) is 1. The van der Waals surface area contributed by atoms with Crippen LogP contribution >= 0.6 is 0 Å². The van der Waals surface area contributed by atoms with E-state index in [1.807, 2.05) is 0 Å². The molecule has 11 heavy (non-hydrogen) atoms. The van der Waals surface area contributed by atoms with Crippen LogP contribution in [0, 0.1) is 5.92 Å². The van der Waals surface area contributed by atoms with Gasteiger partial charge in [-0.3, -0.25) is 4.79 Å². The third-order valence-electron chi connectivity index (χ3n) is 1.46. The number of carbonyl (C=O) groups excluding carboxylic acids is 1. The average Bonchev–Trinajstić information content (AvgIpc) is 2.03. The Bertz CT molecular complexity index is 110. The number of carbonyl (C=O) groups is 1. The number of aliphatic hydroxyl groups is 1. The summed E-state index contributed by atoms with van der Waals surface area (Å²) < 4.78 is 4.53. The second-order valence-electron chi connectivity index (χ2n) is 2.29. The largest absolute Gasteiger partial charge is 0.469 e. The van der Waals surface area contributed by atoms with Crippen LogP contribution in [0.15, 0.2) is 0 Å². The summed E-state index contributed by atoms with van der Waals surface area (Å²) >= 11 is 0.